The molecular weight excluding hydrogens is 362 g/mol. The lowest BCUT2D eigenvalue weighted by molar-refractivity contribution is -0.118. The van der Waals surface area contributed by atoms with Crippen molar-refractivity contribution in [3.63, 3.8) is 0 Å². The van der Waals surface area contributed by atoms with Crippen LogP contribution in [0, 0.1) is 0 Å². The number of rotatable bonds is 6. The van der Waals surface area contributed by atoms with E-state index in [1.165, 1.54) is 6.92 Å². The molecule has 0 unspecified atom stereocenters. The quantitative estimate of drug-likeness (QED) is 0.673. The van der Waals surface area contributed by atoms with Crippen LogP contribution in [0.15, 0.2) is 51.6 Å². The first kappa shape index (κ1) is 17.9. The first-order chi connectivity index (χ1) is 13.6. The number of hydrogen-bond donors (Lipinski definition) is 2. The number of nitrogens with zero attached hydrogens (tertiary/aromatic N) is 3. The van der Waals surface area contributed by atoms with Crippen molar-refractivity contribution >= 4 is 23.2 Å². The van der Waals surface area contributed by atoms with Gasteiger partial charge >= 0.3 is 0 Å². The van der Waals surface area contributed by atoms with Gasteiger partial charge in [-0.05, 0) is 36.4 Å². The SMILES string of the molecule is CC(=O)Nc1ccc(NC(=O)CN2CC(c3nc(-c4ccco4)no3)C2)cc1. The second-order valence-electron chi connectivity index (χ2n) is 6.63. The molecule has 0 bridgehead atoms. The van der Waals surface area contributed by atoms with E-state index in [0.29, 0.717) is 41.9 Å². The van der Waals surface area contributed by atoms with E-state index >= 15 is 0 Å². The lowest BCUT2D eigenvalue weighted by atomic mass is 10.0. The van der Waals surface area contributed by atoms with E-state index in [4.69, 9.17) is 8.94 Å². The summed E-state index contributed by atoms with van der Waals surface area (Å²) >= 11 is 0. The van der Waals surface area contributed by atoms with Crippen molar-refractivity contribution in [1.29, 1.82) is 0 Å². The van der Waals surface area contributed by atoms with Crippen LogP contribution in [-0.4, -0.2) is 46.5 Å². The normalized spacial score (nSPS) is 14.5. The highest BCUT2D eigenvalue weighted by Crippen LogP contribution is 2.27. The zero-order valence-corrected chi connectivity index (χ0v) is 15.2. The molecule has 1 aliphatic heterocycles. The van der Waals surface area contributed by atoms with Crippen LogP contribution in [0.2, 0.25) is 0 Å². The summed E-state index contributed by atoms with van der Waals surface area (Å²) in [4.78, 5) is 29.6. The molecule has 1 aliphatic rings. The van der Waals surface area contributed by atoms with E-state index in [1.54, 1.807) is 42.7 Å². The second kappa shape index (κ2) is 7.65. The van der Waals surface area contributed by atoms with E-state index in [2.05, 4.69) is 20.8 Å². The van der Waals surface area contributed by atoms with E-state index in [1.807, 2.05) is 4.90 Å². The van der Waals surface area contributed by atoms with Gasteiger partial charge in [-0.2, -0.15) is 4.98 Å². The van der Waals surface area contributed by atoms with E-state index < -0.39 is 0 Å². The number of aromatic nitrogens is 2. The molecule has 1 aromatic carbocycles. The second-order valence-corrected chi connectivity index (χ2v) is 6.63. The van der Waals surface area contributed by atoms with Crippen LogP contribution >= 0.6 is 0 Å². The average Bonchev–Trinajstić information content (AvgIpc) is 3.30. The van der Waals surface area contributed by atoms with Crippen LogP contribution in [0.4, 0.5) is 11.4 Å². The molecule has 4 rings (SSSR count). The summed E-state index contributed by atoms with van der Waals surface area (Å²) in [5.41, 5.74) is 1.36. The Morgan fingerprint density at radius 1 is 1.14 bits per heavy atom. The minimum absolute atomic E-state index is 0.104. The molecule has 2 aromatic heterocycles. The highest BCUT2D eigenvalue weighted by Gasteiger charge is 2.33. The third kappa shape index (κ3) is 4.09. The summed E-state index contributed by atoms with van der Waals surface area (Å²) < 4.78 is 10.6. The van der Waals surface area contributed by atoms with Gasteiger partial charge in [0.1, 0.15) is 0 Å². The van der Waals surface area contributed by atoms with E-state index in [0.717, 1.165) is 0 Å². The van der Waals surface area contributed by atoms with Crippen LogP contribution < -0.4 is 10.6 Å². The highest BCUT2D eigenvalue weighted by molar-refractivity contribution is 5.93. The molecule has 2 amide bonds. The first-order valence-corrected chi connectivity index (χ1v) is 8.84. The third-order valence-electron chi connectivity index (χ3n) is 4.35. The number of amides is 2. The molecule has 0 spiro atoms. The minimum Gasteiger partial charge on any atom is -0.461 e. The Kier molecular flexibility index (Phi) is 4.90. The number of hydrogen-bond acceptors (Lipinski definition) is 7. The molecule has 3 aromatic rings. The standard InChI is InChI=1S/C19H19N5O4/c1-12(25)20-14-4-6-15(7-5-14)21-17(26)11-24-9-13(10-24)19-22-18(23-28-19)16-3-2-8-27-16/h2-8,13H,9-11H2,1H3,(H,20,25)(H,21,26). The first-order valence-electron chi connectivity index (χ1n) is 8.84. The Hall–Kier alpha value is -3.46. The molecule has 0 saturated carbocycles. The van der Waals surface area contributed by atoms with Gasteiger partial charge in [0.25, 0.3) is 0 Å². The Labute approximate surface area is 160 Å². The maximum atomic E-state index is 12.2. The Morgan fingerprint density at radius 2 is 1.86 bits per heavy atom. The molecule has 0 radical (unpaired) electrons. The number of nitrogens with one attached hydrogen (secondary N) is 2. The van der Waals surface area contributed by atoms with Crippen molar-refractivity contribution in [2.45, 2.75) is 12.8 Å². The summed E-state index contributed by atoms with van der Waals surface area (Å²) in [7, 11) is 0. The van der Waals surface area contributed by atoms with Crippen LogP contribution in [0.5, 0.6) is 0 Å². The fourth-order valence-corrected chi connectivity index (χ4v) is 3.01. The molecule has 3 heterocycles. The predicted octanol–water partition coefficient (Wildman–Crippen LogP) is 2.33. The number of benzene rings is 1. The molecule has 0 atom stereocenters. The fraction of sp³-hybridized carbons (Fsp3) is 0.263. The van der Waals surface area contributed by atoms with Gasteiger partial charge in [0.15, 0.2) is 5.76 Å². The van der Waals surface area contributed by atoms with Gasteiger partial charge in [0.2, 0.25) is 23.5 Å². The average molecular weight is 381 g/mol. The van der Waals surface area contributed by atoms with Crippen LogP contribution in [0.25, 0.3) is 11.6 Å². The predicted molar refractivity (Wildman–Crippen MR) is 101 cm³/mol. The van der Waals surface area contributed by atoms with Crippen molar-refractivity contribution in [3.05, 3.63) is 48.6 Å². The Bertz CT molecular complexity index is 959. The van der Waals surface area contributed by atoms with E-state index in [9.17, 15) is 9.59 Å². The van der Waals surface area contributed by atoms with Crippen LogP contribution in [0.1, 0.15) is 18.7 Å². The van der Waals surface area contributed by atoms with Crippen LogP contribution in [-0.2, 0) is 9.59 Å². The van der Waals surface area contributed by atoms with E-state index in [-0.39, 0.29) is 24.3 Å². The van der Waals surface area contributed by atoms with Gasteiger partial charge in [-0.25, -0.2) is 0 Å². The Morgan fingerprint density at radius 3 is 2.50 bits per heavy atom. The van der Waals surface area contributed by atoms with Gasteiger partial charge in [-0.1, -0.05) is 5.16 Å². The Balaban J connectivity index is 1.24. The number of carbonyl (C=O) groups is 2. The molecule has 9 nitrogen and oxygen atoms in total. The van der Waals surface area contributed by atoms with Gasteiger partial charge in [0.05, 0.1) is 18.7 Å². The smallest absolute Gasteiger partial charge is 0.238 e. The summed E-state index contributed by atoms with van der Waals surface area (Å²) in [6, 6.07) is 10.5. The minimum atomic E-state index is -0.137. The molecule has 28 heavy (non-hydrogen) atoms. The molecule has 9 heteroatoms. The molecule has 1 fully saturated rings. The number of anilines is 2. The molecular formula is C19H19N5O4. The van der Waals surface area contributed by atoms with Crippen LogP contribution in [0.3, 0.4) is 0 Å². The topological polar surface area (TPSA) is 114 Å². The van der Waals surface area contributed by atoms with Crippen molar-refractivity contribution in [2.75, 3.05) is 30.3 Å². The molecule has 0 aliphatic carbocycles. The summed E-state index contributed by atoms with van der Waals surface area (Å²) in [5.74, 6) is 1.42. The number of likely N-dealkylation sites (tertiary alicyclic amines) is 1. The molecule has 144 valence electrons. The highest BCUT2D eigenvalue weighted by atomic mass is 16.5. The zero-order valence-electron chi connectivity index (χ0n) is 15.2. The van der Waals surface area contributed by atoms with Gasteiger partial charge < -0.3 is 19.6 Å². The fourth-order valence-electron chi connectivity index (χ4n) is 3.01. The van der Waals surface area contributed by atoms with Gasteiger partial charge in [-0.3, -0.25) is 14.5 Å². The lowest BCUT2D eigenvalue weighted by Crippen LogP contribution is -2.48. The summed E-state index contributed by atoms with van der Waals surface area (Å²) in [6.45, 7) is 3.08. The monoisotopic (exact) mass is 381 g/mol. The largest absolute Gasteiger partial charge is 0.461 e. The summed E-state index contributed by atoms with van der Waals surface area (Å²) in [5, 5.41) is 9.45. The van der Waals surface area contributed by atoms with Crippen molar-refractivity contribution in [1.82, 2.24) is 15.0 Å². The maximum Gasteiger partial charge on any atom is 0.238 e. The summed E-state index contributed by atoms with van der Waals surface area (Å²) in [6.07, 6.45) is 1.56. The van der Waals surface area contributed by atoms with Crippen molar-refractivity contribution in [2.24, 2.45) is 0 Å². The van der Waals surface area contributed by atoms with Crippen molar-refractivity contribution < 1.29 is 18.5 Å². The van der Waals surface area contributed by atoms with Crippen molar-refractivity contribution in [3.8, 4) is 11.6 Å². The molecule has 1 saturated heterocycles. The zero-order chi connectivity index (χ0) is 19.5. The maximum absolute atomic E-state index is 12.2. The third-order valence-corrected chi connectivity index (χ3v) is 4.35. The number of furan rings is 1. The number of carbonyl (C=O) groups excluding carboxylic acids is 2. The van der Waals surface area contributed by atoms with Gasteiger partial charge in [0, 0.05) is 31.4 Å². The molecule has 2 N–H and O–H groups in total. The van der Waals surface area contributed by atoms with Gasteiger partial charge in [-0.15, -0.1) is 0 Å². The lowest BCUT2D eigenvalue weighted by Gasteiger charge is -2.36.